The first kappa shape index (κ1) is 22.9. The van der Waals surface area contributed by atoms with Gasteiger partial charge in [-0.3, -0.25) is 9.89 Å². The van der Waals surface area contributed by atoms with Crippen LogP contribution in [0.25, 0.3) is 0 Å². The van der Waals surface area contributed by atoms with E-state index in [4.69, 9.17) is 0 Å². The summed E-state index contributed by atoms with van der Waals surface area (Å²) >= 11 is 0. The summed E-state index contributed by atoms with van der Waals surface area (Å²) in [5, 5.41) is 6.70. The van der Waals surface area contributed by atoms with Crippen LogP contribution in [0.3, 0.4) is 0 Å². The van der Waals surface area contributed by atoms with Gasteiger partial charge in [0.2, 0.25) is 10.0 Å². The summed E-state index contributed by atoms with van der Waals surface area (Å²) in [4.78, 5) is 6.70. The highest BCUT2D eigenvalue weighted by atomic mass is 127. The predicted octanol–water partition coefficient (Wildman–Crippen LogP) is 0.437. The van der Waals surface area contributed by atoms with Crippen molar-refractivity contribution in [2.75, 3.05) is 39.5 Å². The standard InChI is InChI=1S/C14H31N5O2S.HI/c1-11(2)19-9-12(3)13(10-19)18-14(15-4)16-7-6-8-17-22(5,20)21;/h11-13,17H,6-10H2,1-5H3,(H2,15,16,18);1H. The van der Waals surface area contributed by atoms with Crippen molar-refractivity contribution in [3.05, 3.63) is 0 Å². The van der Waals surface area contributed by atoms with Crippen LogP contribution >= 0.6 is 24.0 Å². The molecule has 0 radical (unpaired) electrons. The van der Waals surface area contributed by atoms with Crippen LogP contribution in [0.15, 0.2) is 4.99 Å². The molecular formula is C14H32IN5O2S. The van der Waals surface area contributed by atoms with Gasteiger partial charge in [0.15, 0.2) is 5.96 Å². The molecule has 1 heterocycles. The number of nitrogens with one attached hydrogen (secondary N) is 3. The Labute approximate surface area is 158 Å². The second-order valence-corrected chi connectivity index (χ2v) is 8.13. The maximum Gasteiger partial charge on any atom is 0.208 e. The van der Waals surface area contributed by atoms with Crippen LogP contribution in [0, 0.1) is 5.92 Å². The van der Waals surface area contributed by atoms with Crippen molar-refractivity contribution in [3.8, 4) is 0 Å². The van der Waals surface area contributed by atoms with Crippen LogP contribution in [0.4, 0.5) is 0 Å². The average molecular weight is 461 g/mol. The van der Waals surface area contributed by atoms with Gasteiger partial charge in [-0.1, -0.05) is 6.92 Å². The monoisotopic (exact) mass is 461 g/mol. The lowest BCUT2D eigenvalue weighted by molar-refractivity contribution is 0.265. The molecule has 2 atom stereocenters. The van der Waals surface area contributed by atoms with Crippen LogP contribution in [-0.2, 0) is 10.0 Å². The first-order valence-corrected chi connectivity index (χ1v) is 9.78. The van der Waals surface area contributed by atoms with Crippen LogP contribution in [0.1, 0.15) is 27.2 Å². The summed E-state index contributed by atoms with van der Waals surface area (Å²) in [6.07, 6.45) is 1.88. The third-order valence-electron chi connectivity index (χ3n) is 3.93. The molecule has 0 bridgehead atoms. The molecule has 1 aliphatic rings. The molecule has 1 saturated heterocycles. The number of likely N-dealkylation sites (tertiary alicyclic amines) is 1. The van der Waals surface area contributed by atoms with Gasteiger partial charge >= 0.3 is 0 Å². The van der Waals surface area contributed by atoms with Gasteiger partial charge in [-0.2, -0.15) is 0 Å². The van der Waals surface area contributed by atoms with Crippen LogP contribution < -0.4 is 15.4 Å². The van der Waals surface area contributed by atoms with E-state index in [1.165, 1.54) is 6.26 Å². The van der Waals surface area contributed by atoms with E-state index in [1.54, 1.807) is 7.05 Å². The van der Waals surface area contributed by atoms with Crippen molar-refractivity contribution in [1.82, 2.24) is 20.3 Å². The molecule has 0 amide bonds. The molecule has 0 saturated carbocycles. The lowest BCUT2D eigenvalue weighted by atomic mass is 10.1. The van der Waals surface area contributed by atoms with E-state index in [0.717, 1.165) is 19.0 Å². The predicted molar refractivity (Wildman–Crippen MR) is 107 cm³/mol. The van der Waals surface area contributed by atoms with E-state index in [9.17, 15) is 8.42 Å². The zero-order valence-corrected chi connectivity index (χ0v) is 17.9. The van der Waals surface area contributed by atoms with Crippen molar-refractivity contribution >= 4 is 40.0 Å². The molecule has 0 spiro atoms. The van der Waals surface area contributed by atoms with Gasteiger partial charge in [-0.15, -0.1) is 24.0 Å². The molecule has 1 fully saturated rings. The number of sulfonamides is 1. The number of nitrogens with zero attached hydrogens (tertiary/aromatic N) is 2. The molecule has 3 N–H and O–H groups in total. The maximum absolute atomic E-state index is 11.0. The highest BCUT2D eigenvalue weighted by molar-refractivity contribution is 14.0. The fraction of sp³-hybridized carbons (Fsp3) is 0.929. The number of hydrogen-bond acceptors (Lipinski definition) is 4. The molecule has 0 aliphatic carbocycles. The Morgan fingerprint density at radius 2 is 1.96 bits per heavy atom. The van der Waals surface area contributed by atoms with Crippen molar-refractivity contribution in [1.29, 1.82) is 0 Å². The molecular weight excluding hydrogens is 429 g/mol. The Morgan fingerprint density at radius 1 is 1.30 bits per heavy atom. The van der Waals surface area contributed by atoms with E-state index >= 15 is 0 Å². The number of halogens is 1. The van der Waals surface area contributed by atoms with Crippen molar-refractivity contribution in [3.63, 3.8) is 0 Å². The molecule has 0 aromatic heterocycles. The van der Waals surface area contributed by atoms with E-state index in [-0.39, 0.29) is 24.0 Å². The molecule has 1 aliphatic heterocycles. The summed E-state index contributed by atoms with van der Waals surface area (Å²) in [5.74, 6) is 1.36. The molecule has 9 heteroatoms. The molecule has 23 heavy (non-hydrogen) atoms. The molecule has 0 aromatic rings. The van der Waals surface area contributed by atoms with Crippen LogP contribution in [-0.4, -0.2) is 70.8 Å². The summed E-state index contributed by atoms with van der Waals surface area (Å²) in [5.41, 5.74) is 0. The Hall–Kier alpha value is -0.130. The third-order valence-corrected chi connectivity index (χ3v) is 4.66. The number of aliphatic imine (C=N–C) groups is 1. The summed E-state index contributed by atoms with van der Waals surface area (Å²) in [6, 6.07) is 0.953. The molecule has 7 nitrogen and oxygen atoms in total. The van der Waals surface area contributed by atoms with Gasteiger partial charge in [-0.05, 0) is 26.2 Å². The summed E-state index contributed by atoms with van der Waals surface area (Å²) < 4.78 is 24.4. The van der Waals surface area contributed by atoms with Gasteiger partial charge in [-0.25, -0.2) is 13.1 Å². The third kappa shape index (κ3) is 9.06. The second kappa shape index (κ2) is 10.7. The average Bonchev–Trinajstić information content (AvgIpc) is 2.77. The Balaban J connectivity index is 0.00000484. The highest BCUT2D eigenvalue weighted by Gasteiger charge is 2.31. The van der Waals surface area contributed by atoms with Gasteiger partial charge < -0.3 is 10.6 Å². The van der Waals surface area contributed by atoms with Gasteiger partial charge in [0.1, 0.15) is 0 Å². The minimum absolute atomic E-state index is 0. The van der Waals surface area contributed by atoms with Crippen molar-refractivity contribution in [2.45, 2.75) is 39.3 Å². The SMILES string of the molecule is CN=C(NCCCNS(C)(=O)=O)NC1CN(C(C)C)CC1C.I. The maximum atomic E-state index is 11.0. The molecule has 138 valence electrons. The lowest BCUT2D eigenvalue weighted by Gasteiger charge is -2.22. The van der Waals surface area contributed by atoms with Crippen LogP contribution in [0.2, 0.25) is 0 Å². The van der Waals surface area contributed by atoms with Crippen molar-refractivity contribution in [2.24, 2.45) is 10.9 Å². The zero-order valence-electron chi connectivity index (χ0n) is 14.8. The normalized spacial score (nSPS) is 23.0. The topological polar surface area (TPSA) is 85.8 Å². The number of guanidine groups is 1. The van der Waals surface area contributed by atoms with Crippen LogP contribution in [0.5, 0.6) is 0 Å². The van der Waals surface area contributed by atoms with E-state index in [0.29, 0.717) is 37.5 Å². The van der Waals surface area contributed by atoms with E-state index < -0.39 is 10.0 Å². The van der Waals surface area contributed by atoms with Gasteiger partial charge in [0, 0.05) is 45.3 Å². The first-order valence-electron chi connectivity index (χ1n) is 7.88. The lowest BCUT2D eigenvalue weighted by Crippen LogP contribution is -2.47. The Morgan fingerprint density at radius 3 is 2.43 bits per heavy atom. The number of hydrogen-bond donors (Lipinski definition) is 3. The van der Waals surface area contributed by atoms with Gasteiger partial charge in [0.25, 0.3) is 0 Å². The second-order valence-electron chi connectivity index (χ2n) is 6.29. The minimum atomic E-state index is -3.10. The fourth-order valence-electron chi connectivity index (χ4n) is 2.54. The molecule has 1 rings (SSSR count). The number of rotatable bonds is 7. The Bertz CT molecular complexity index is 470. The fourth-order valence-corrected chi connectivity index (χ4v) is 3.05. The smallest absolute Gasteiger partial charge is 0.208 e. The zero-order chi connectivity index (χ0) is 16.8. The highest BCUT2D eigenvalue weighted by Crippen LogP contribution is 2.18. The summed E-state index contributed by atoms with van der Waals surface area (Å²) in [7, 11) is -1.35. The van der Waals surface area contributed by atoms with Gasteiger partial charge in [0.05, 0.1) is 6.26 Å². The quantitative estimate of drug-likeness (QED) is 0.222. The Kier molecular flexibility index (Phi) is 10.6. The largest absolute Gasteiger partial charge is 0.356 e. The van der Waals surface area contributed by atoms with E-state index in [1.807, 2.05) is 0 Å². The molecule has 0 aromatic carbocycles. The minimum Gasteiger partial charge on any atom is -0.356 e. The summed E-state index contributed by atoms with van der Waals surface area (Å²) in [6.45, 7) is 9.93. The van der Waals surface area contributed by atoms with Crippen molar-refractivity contribution < 1.29 is 8.42 Å². The molecule has 2 unspecified atom stereocenters. The van der Waals surface area contributed by atoms with E-state index in [2.05, 4.69) is 46.0 Å². The first-order chi connectivity index (χ1) is 10.2.